The summed E-state index contributed by atoms with van der Waals surface area (Å²) in [5, 5.41) is 0. The number of aryl methyl sites for hydroxylation is 1. The van der Waals surface area contributed by atoms with E-state index in [2.05, 4.69) is 4.99 Å². The number of allylic oxidation sites excluding steroid dienone is 4. The van der Waals surface area contributed by atoms with Crippen LogP contribution in [0.1, 0.15) is 32.3 Å². The first kappa shape index (κ1) is 34.8. The van der Waals surface area contributed by atoms with Gasteiger partial charge in [0.05, 0.1) is 28.6 Å². The molecule has 0 aromatic heterocycles. The Labute approximate surface area is 272 Å². The van der Waals surface area contributed by atoms with Crippen LogP contribution in [0.2, 0.25) is 0 Å². The van der Waals surface area contributed by atoms with Gasteiger partial charge in [0.15, 0.2) is 0 Å². The van der Waals surface area contributed by atoms with Crippen molar-refractivity contribution in [2.24, 2.45) is 9.98 Å². The molecule has 0 aliphatic heterocycles. The quantitative estimate of drug-likeness (QED) is 0.141. The molecule has 0 saturated heterocycles. The van der Waals surface area contributed by atoms with Gasteiger partial charge in [-0.1, -0.05) is 17.7 Å². The molecule has 10 nitrogen and oxygen atoms in total. The summed E-state index contributed by atoms with van der Waals surface area (Å²) >= 11 is 0. The molecule has 0 atom stereocenters. The zero-order valence-corrected chi connectivity index (χ0v) is 27.8. The Morgan fingerprint density at radius 1 is 0.609 bits per heavy atom. The summed E-state index contributed by atoms with van der Waals surface area (Å²) in [6.07, 6.45) is 8.13. The van der Waals surface area contributed by atoms with Crippen LogP contribution in [0.3, 0.4) is 0 Å². The fraction of sp³-hybridized carbons (Fsp3) is 0.294. The molecule has 4 rings (SSSR count). The number of benzene rings is 3. The van der Waals surface area contributed by atoms with E-state index in [0.717, 1.165) is 45.4 Å². The van der Waals surface area contributed by atoms with E-state index in [1.807, 2.05) is 128 Å². The third kappa shape index (κ3) is 11.1. The molecule has 0 amide bonds. The van der Waals surface area contributed by atoms with Crippen molar-refractivity contribution >= 4 is 60.1 Å². The molecule has 2 N–H and O–H groups in total. The lowest BCUT2D eigenvalue weighted by atomic mass is 10.1. The summed E-state index contributed by atoms with van der Waals surface area (Å²) in [4.78, 5) is 13.2. The molecular weight excluding hydrogens is 625 g/mol. The van der Waals surface area contributed by atoms with E-state index < -0.39 is 20.2 Å². The van der Waals surface area contributed by atoms with Crippen molar-refractivity contribution in [2.75, 3.05) is 34.4 Å². The van der Waals surface area contributed by atoms with E-state index in [0.29, 0.717) is 13.1 Å². The van der Waals surface area contributed by atoms with Crippen molar-refractivity contribution in [1.82, 2.24) is 0 Å². The van der Waals surface area contributed by atoms with Crippen molar-refractivity contribution in [1.29, 1.82) is 0 Å². The summed E-state index contributed by atoms with van der Waals surface area (Å²) in [7, 11) is -8.21. The Kier molecular flexibility index (Phi) is 11.7. The summed E-state index contributed by atoms with van der Waals surface area (Å²) < 4.78 is 64.2. The largest absolute Gasteiger partial charge is 0.341 e. The molecule has 0 unspecified atom stereocenters. The van der Waals surface area contributed by atoms with Gasteiger partial charge in [-0.2, -0.15) is 16.8 Å². The first-order valence-corrected chi connectivity index (χ1v) is 18.2. The maximum absolute atomic E-state index is 11.5. The monoisotopic (exact) mass is 664 g/mol. The minimum atomic E-state index is -4.12. The number of aliphatic imine (C=N–C) groups is 2. The number of hydrogen-bond donors (Lipinski definition) is 2. The van der Waals surface area contributed by atoms with Crippen LogP contribution in [0.25, 0.3) is 0 Å². The van der Waals surface area contributed by atoms with Crippen LogP contribution >= 0.6 is 0 Å². The fourth-order valence-corrected chi connectivity index (χ4v) is 5.92. The molecule has 0 fully saturated rings. The lowest BCUT2D eigenvalue weighted by Crippen LogP contribution is -2.22. The van der Waals surface area contributed by atoms with Gasteiger partial charge in [0, 0.05) is 41.9 Å². The Morgan fingerprint density at radius 2 is 0.978 bits per heavy atom. The Hall–Kier alpha value is -4.10. The van der Waals surface area contributed by atoms with Crippen molar-refractivity contribution in [3.8, 4) is 0 Å². The molecule has 3 aromatic carbocycles. The highest BCUT2D eigenvalue weighted by molar-refractivity contribution is 7.86. The number of hydrogen-bond acceptors (Lipinski definition) is 8. The van der Waals surface area contributed by atoms with E-state index in [1.54, 1.807) is 0 Å². The van der Waals surface area contributed by atoms with E-state index in [9.17, 15) is 25.9 Å². The Bertz CT molecular complexity index is 1800. The van der Waals surface area contributed by atoms with Gasteiger partial charge in [0.25, 0.3) is 20.2 Å². The van der Waals surface area contributed by atoms with E-state index in [4.69, 9.17) is 4.99 Å². The molecule has 0 saturated carbocycles. The highest BCUT2D eigenvalue weighted by Gasteiger charge is 2.16. The lowest BCUT2D eigenvalue weighted by Gasteiger charge is -2.28. The van der Waals surface area contributed by atoms with Crippen LogP contribution in [0, 0.1) is 6.92 Å². The van der Waals surface area contributed by atoms with E-state index in [-0.39, 0.29) is 30.4 Å². The maximum atomic E-state index is 11.5. The average Bonchev–Trinajstić information content (AvgIpc) is 2.99. The van der Waals surface area contributed by atoms with Crippen LogP contribution in [0.4, 0.5) is 28.4 Å². The zero-order valence-electron chi connectivity index (χ0n) is 26.2. The third-order valence-corrected chi connectivity index (χ3v) is 8.67. The second kappa shape index (κ2) is 15.5. The van der Waals surface area contributed by atoms with Crippen LogP contribution in [0.15, 0.2) is 107 Å². The van der Waals surface area contributed by atoms with Crippen molar-refractivity contribution in [2.45, 2.75) is 39.7 Å². The Morgan fingerprint density at radius 3 is 1.37 bits per heavy atom. The summed E-state index contributed by atoms with van der Waals surface area (Å²) in [6, 6.07) is 23.3. The highest BCUT2D eigenvalue weighted by Crippen LogP contribution is 2.32. The van der Waals surface area contributed by atoms with Crippen LogP contribution < -0.4 is 9.80 Å². The minimum absolute atomic E-state index is 0.200. The molecule has 0 heterocycles. The molecule has 244 valence electrons. The van der Waals surface area contributed by atoms with Gasteiger partial charge in [-0.3, -0.25) is 14.1 Å². The number of nitrogens with zero attached hydrogens (tertiary/aromatic N) is 4. The highest BCUT2D eigenvalue weighted by atomic mass is 32.2. The molecule has 12 heteroatoms. The number of rotatable bonds is 14. The normalized spacial score (nSPS) is 13.3. The van der Waals surface area contributed by atoms with Crippen molar-refractivity contribution in [3.63, 3.8) is 0 Å². The van der Waals surface area contributed by atoms with Gasteiger partial charge in [0.2, 0.25) is 0 Å². The zero-order chi connectivity index (χ0) is 33.3. The third-order valence-electron chi connectivity index (χ3n) is 7.06. The van der Waals surface area contributed by atoms with Crippen LogP contribution in [0.5, 0.6) is 0 Å². The lowest BCUT2D eigenvalue weighted by molar-refractivity contribution is 0.479. The molecule has 0 bridgehead atoms. The van der Waals surface area contributed by atoms with Gasteiger partial charge in [-0.05, 0) is 119 Å². The first-order valence-electron chi connectivity index (χ1n) is 15.0. The molecule has 1 aliphatic carbocycles. The molecule has 3 aromatic rings. The van der Waals surface area contributed by atoms with Gasteiger partial charge < -0.3 is 9.80 Å². The Balaban J connectivity index is 1.58. The molecule has 46 heavy (non-hydrogen) atoms. The van der Waals surface area contributed by atoms with Crippen LogP contribution in [-0.4, -0.2) is 68.0 Å². The van der Waals surface area contributed by atoms with Gasteiger partial charge >= 0.3 is 0 Å². The standard InChI is InChI=1S/C34H40N4O6S2/c1-26(2)35-28-8-10-29(11-9-28)36-30-12-16-32(17-13-30)38(23-5-25-46(42,43)44)34-20-18-33(19-21-34)37(22-4-24-45(39,40)41)31-14-6-27(3)7-15-31/h6-21,26H,4-5,22-25H2,1-3H3,(H,39,40,41)(H,42,43,44). The van der Waals surface area contributed by atoms with Gasteiger partial charge in [-0.15, -0.1) is 0 Å². The van der Waals surface area contributed by atoms with E-state index in [1.165, 1.54) is 0 Å². The molecular formula is C34H40N4O6S2. The first-order chi connectivity index (χ1) is 21.8. The van der Waals surface area contributed by atoms with Crippen molar-refractivity contribution in [3.05, 3.63) is 103 Å². The summed E-state index contributed by atoms with van der Waals surface area (Å²) in [5.74, 6) is -0.723. The topological polar surface area (TPSA) is 140 Å². The van der Waals surface area contributed by atoms with Gasteiger partial charge in [0.1, 0.15) is 0 Å². The molecule has 0 radical (unpaired) electrons. The predicted octanol–water partition coefficient (Wildman–Crippen LogP) is 6.87. The average molecular weight is 665 g/mol. The molecule has 0 spiro atoms. The predicted molar refractivity (Wildman–Crippen MR) is 188 cm³/mol. The second-order valence-electron chi connectivity index (χ2n) is 11.3. The van der Waals surface area contributed by atoms with Crippen molar-refractivity contribution < 1.29 is 25.9 Å². The van der Waals surface area contributed by atoms with Crippen LogP contribution in [-0.2, 0) is 20.2 Å². The fourth-order valence-electron chi connectivity index (χ4n) is 4.93. The van der Waals surface area contributed by atoms with Gasteiger partial charge in [-0.25, -0.2) is 4.99 Å². The summed E-state index contributed by atoms with van der Waals surface area (Å²) in [5.41, 5.74) is 6.86. The maximum Gasteiger partial charge on any atom is 0.264 e. The SMILES string of the molecule is Cc1ccc(N(CCCS(=O)(=O)O)c2ccc(N(CCCS(=O)(=O)O)c3ccc(N=C4C=CC(=NC(C)C)C=C4)cc3)cc2)cc1. The smallest absolute Gasteiger partial charge is 0.264 e. The number of anilines is 4. The molecule has 1 aliphatic rings. The minimum Gasteiger partial charge on any atom is -0.341 e. The summed E-state index contributed by atoms with van der Waals surface area (Å²) in [6.45, 7) is 6.72. The second-order valence-corrected chi connectivity index (χ2v) is 14.4. The van der Waals surface area contributed by atoms with E-state index >= 15 is 0 Å².